The Morgan fingerprint density at radius 3 is 2.38 bits per heavy atom. The second-order valence-corrected chi connectivity index (χ2v) is 6.64. The molecular weight excluding hydrogens is 330 g/mol. The molecule has 0 radical (unpaired) electrons. The smallest absolute Gasteiger partial charge is 0.261 e. The fraction of sp³-hybridized carbons (Fsp3) is 0.125. The summed E-state index contributed by atoms with van der Waals surface area (Å²) in [7, 11) is -2.24. The second kappa shape index (κ2) is 6.32. The van der Waals surface area contributed by atoms with E-state index in [-0.39, 0.29) is 10.8 Å². The van der Waals surface area contributed by atoms with Crippen LogP contribution < -0.4 is 9.46 Å². The molecule has 0 bridgehead atoms. The van der Waals surface area contributed by atoms with Crippen LogP contribution in [0.1, 0.15) is 5.89 Å². The van der Waals surface area contributed by atoms with Gasteiger partial charge in [0.2, 0.25) is 11.8 Å². The van der Waals surface area contributed by atoms with Crippen LogP contribution in [0.2, 0.25) is 0 Å². The molecule has 0 spiro atoms. The number of anilines is 1. The zero-order valence-corrected chi connectivity index (χ0v) is 13.9. The molecule has 0 amide bonds. The summed E-state index contributed by atoms with van der Waals surface area (Å²) in [6.07, 6.45) is 0. The molecule has 3 aromatic rings. The van der Waals surface area contributed by atoms with Gasteiger partial charge in [0.05, 0.1) is 23.3 Å². The number of nitrogens with zero attached hydrogens (tertiary/aromatic N) is 2. The van der Waals surface area contributed by atoms with Crippen molar-refractivity contribution in [2.45, 2.75) is 11.8 Å². The number of aryl methyl sites for hydroxylation is 1. The fourth-order valence-electron chi connectivity index (χ4n) is 2.12. The maximum atomic E-state index is 12.6. The van der Waals surface area contributed by atoms with Gasteiger partial charge in [0.25, 0.3) is 10.0 Å². The van der Waals surface area contributed by atoms with Crippen molar-refractivity contribution in [2.24, 2.45) is 0 Å². The normalized spacial score (nSPS) is 11.2. The maximum Gasteiger partial charge on any atom is 0.261 e. The van der Waals surface area contributed by atoms with Gasteiger partial charge in [-0.25, -0.2) is 8.42 Å². The van der Waals surface area contributed by atoms with E-state index in [1.54, 1.807) is 43.3 Å². The first-order valence-electron chi connectivity index (χ1n) is 7.06. The largest absolute Gasteiger partial charge is 0.497 e. The van der Waals surface area contributed by atoms with Crippen LogP contribution in [0.4, 0.5) is 5.69 Å². The molecule has 0 fully saturated rings. The average Bonchev–Trinajstić information content (AvgIpc) is 3.01. The van der Waals surface area contributed by atoms with Crippen LogP contribution in [0.3, 0.4) is 0 Å². The van der Waals surface area contributed by atoms with Crippen molar-refractivity contribution in [2.75, 3.05) is 11.8 Å². The van der Waals surface area contributed by atoms with E-state index in [1.807, 2.05) is 0 Å². The molecule has 24 heavy (non-hydrogen) atoms. The third-order valence-electron chi connectivity index (χ3n) is 3.30. The van der Waals surface area contributed by atoms with Gasteiger partial charge in [-0.1, -0.05) is 12.1 Å². The summed E-state index contributed by atoms with van der Waals surface area (Å²) in [5.74, 6) is 1.23. The number of rotatable bonds is 5. The van der Waals surface area contributed by atoms with Crippen molar-refractivity contribution in [3.63, 3.8) is 0 Å². The van der Waals surface area contributed by atoms with Gasteiger partial charge in [0, 0.05) is 6.92 Å². The number of hydrogen-bond donors (Lipinski definition) is 1. The highest BCUT2D eigenvalue weighted by Crippen LogP contribution is 2.29. The first-order chi connectivity index (χ1) is 11.5. The monoisotopic (exact) mass is 345 g/mol. The molecule has 3 rings (SSSR count). The first kappa shape index (κ1) is 16.0. The SMILES string of the molecule is COc1ccc(S(=O)(=O)Nc2ccccc2-c2nnc(C)o2)cc1. The van der Waals surface area contributed by atoms with Crippen LogP contribution in [0.5, 0.6) is 5.75 Å². The maximum absolute atomic E-state index is 12.6. The van der Waals surface area contributed by atoms with Gasteiger partial charge < -0.3 is 9.15 Å². The number of benzene rings is 2. The fourth-order valence-corrected chi connectivity index (χ4v) is 3.20. The summed E-state index contributed by atoms with van der Waals surface area (Å²) in [6, 6.07) is 12.9. The van der Waals surface area contributed by atoms with Crippen molar-refractivity contribution in [1.82, 2.24) is 10.2 Å². The topological polar surface area (TPSA) is 94.3 Å². The Morgan fingerprint density at radius 1 is 1.04 bits per heavy atom. The molecule has 0 unspecified atom stereocenters. The van der Waals surface area contributed by atoms with Crippen LogP contribution in [0.25, 0.3) is 11.5 Å². The molecule has 0 saturated carbocycles. The Balaban J connectivity index is 1.95. The minimum Gasteiger partial charge on any atom is -0.497 e. The quantitative estimate of drug-likeness (QED) is 0.764. The molecule has 7 nitrogen and oxygen atoms in total. The number of nitrogens with one attached hydrogen (secondary N) is 1. The molecule has 1 heterocycles. The van der Waals surface area contributed by atoms with Gasteiger partial charge in [0.1, 0.15) is 5.75 Å². The van der Waals surface area contributed by atoms with Crippen molar-refractivity contribution in [3.8, 4) is 17.2 Å². The van der Waals surface area contributed by atoms with Gasteiger partial charge >= 0.3 is 0 Å². The molecule has 0 aliphatic carbocycles. The standard InChI is InChI=1S/C16H15N3O4S/c1-11-17-18-16(23-11)14-5-3-4-6-15(14)19-24(20,21)13-9-7-12(22-2)8-10-13/h3-10,19H,1-2H3. The van der Waals surface area contributed by atoms with E-state index in [0.717, 1.165) is 0 Å². The highest BCUT2D eigenvalue weighted by atomic mass is 32.2. The Kier molecular flexibility index (Phi) is 4.22. The molecule has 1 aromatic heterocycles. The van der Waals surface area contributed by atoms with Gasteiger partial charge in [-0.05, 0) is 36.4 Å². The van der Waals surface area contributed by atoms with Crippen LogP contribution in [-0.4, -0.2) is 25.7 Å². The second-order valence-electron chi connectivity index (χ2n) is 4.95. The van der Waals surface area contributed by atoms with Gasteiger partial charge in [-0.15, -0.1) is 10.2 Å². The Morgan fingerprint density at radius 2 is 1.75 bits per heavy atom. The lowest BCUT2D eigenvalue weighted by molar-refractivity contribution is 0.414. The molecule has 2 aromatic carbocycles. The molecule has 0 saturated heterocycles. The summed E-state index contributed by atoms with van der Waals surface area (Å²) in [5, 5.41) is 7.70. The third-order valence-corrected chi connectivity index (χ3v) is 4.68. The zero-order chi connectivity index (χ0) is 17.2. The predicted octanol–water partition coefficient (Wildman–Crippen LogP) is 2.85. The average molecular weight is 345 g/mol. The molecule has 124 valence electrons. The van der Waals surface area contributed by atoms with Gasteiger partial charge in [-0.3, -0.25) is 4.72 Å². The number of ether oxygens (including phenoxy) is 1. The number of methoxy groups -OCH3 is 1. The van der Waals surface area contributed by atoms with E-state index in [1.165, 1.54) is 19.2 Å². The Hall–Kier alpha value is -2.87. The van der Waals surface area contributed by atoms with Crippen molar-refractivity contribution >= 4 is 15.7 Å². The Bertz CT molecular complexity index is 949. The summed E-state index contributed by atoms with van der Waals surface area (Å²) >= 11 is 0. The van der Waals surface area contributed by atoms with E-state index >= 15 is 0 Å². The highest BCUT2D eigenvalue weighted by molar-refractivity contribution is 7.92. The zero-order valence-electron chi connectivity index (χ0n) is 13.1. The molecule has 0 atom stereocenters. The third kappa shape index (κ3) is 3.23. The predicted molar refractivity (Wildman–Crippen MR) is 88.3 cm³/mol. The number of aromatic nitrogens is 2. The lowest BCUT2D eigenvalue weighted by Gasteiger charge is -2.11. The van der Waals surface area contributed by atoms with Crippen molar-refractivity contribution < 1.29 is 17.6 Å². The molecule has 1 N–H and O–H groups in total. The Labute approximate surface area is 139 Å². The van der Waals surface area contributed by atoms with Crippen LogP contribution in [-0.2, 0) is 10.0 Å². The molecule has 8 heteroatoms. The molecule has 0 aliphatic rings. The van der Waals surface area contributed by atoms with Gasteiger partial charge in [0.15, 0.2) is 0 Å². The number of para-hydroxylation sites is 1. The lowest BCUT2D eigenvalue weighted by Crippen LogP contribution is -2.13. The molecule has 0 aliphatic heterocycles. The summed E-state index contributed by atoms with van der Waals surface area (Å²) in [4.78, 5) is 0.125. The van der Waals surface area contributed by atoms with E-state index in [2.05, 4.69) is 14.9 Å². The first-order valence-corrected chi connectivity index (χ1v) is 8.54. The minimum atomic E-state index is -3.76. The van der Waals surface area contributed by atoms with Crippen LogP contribution in [0.15, 0.2) is 57.8 Å². The van der Waals surface area contributed by atoms with Gasteiger partial charge in [-0.2, -0.15) is 0 Å². The van der Waals surface area contributed by atoms with Crippen molar-refractivity contribution in [3.05, 3.63) is 54.4 Å². The summed E-state index contributed by atoms with van der Waals surface area (Å²) in [5.41, 5.74) is 0.868. The number of hydrogen-bond acceptors (Lipinski definition) is 6. The van der Waals surface area contributed by atoms with Crippen molar-refractivity contribution in [1.29, 1.82) is 0 Å². The lowest BCUT2D eigenvalue weighted by atomic mass is 10.2. The summed E-state index contributed by atoms with van der Waals surface area (Å²) in [6.45, 7) is 1.67. The summed E-state index contributed by atoms with van der Waals surface area (Å²) < 4.78 is 38.1. The minimum absolute atomic E-state index is 0.125. The van der Waals surface area contributed by atoms with E-state index < -0.39 is 10.0 Å². The highest BCUT2D eigenvalue weighted by Gasteiger charge is 2.18. The van der Waals surface area contributed by atoms with Crippen LogP contribution >= 0.6 is 0 Å². The van der Waals surface area contributed by atoms with E-state index in [4.69, 9.17) is 9.15 Å². The van der Waals surface area contributed by atoms with Crippen LogP contribution in [0, 0.1) is 6.92 Å². The number of sulfonamides is 1. The van der Waals surface area contributed by atoms with E-state index in [9.17, 15) is 8.42 Å². The molecular formula is C16H15N3O4S. The van der Waals surface area contributed by atoms with E-state index in [0.29, 0.717) is 22.9 Å².